The molecular weight excluding hydrogens is 364 g/mol. The van der Waals surface area contributed by atoms with E-state index in [4.69, 9.17) is 9.15 Å². The molecule has 1 aliphatic rings. The van der Waals surface area contributed by atoms with Crippen LogP contribution in [0.1, 0.15) is 27.4 Å². The van der Waals surface area contributed by atoms with Crippen molar-refractivity contribution in [1.29, 1.82) is 0 Å². The molecular formula is C18H13F2NO6. The lowest BCUT2D eigenvalue weighted by Gasteiger charge is -2.05. The Morgan fingerprint density at radius 2 is 2.07 bits per heavy atom. The molecule has 0 bridgehead atoms. The summed E-state index contributed by atoms with van der Waals surface area (Å²) >= 11 is 0. The van der Waals surface area contributed by atoms with E-state index < -0.39 is 18.6 Å². The molecule has 0 N–H and O–H groups in total. The van der Waals surface area contributed by atoms with E-state index in [1.54, 1.807) is 6.92 Å². The highest BCUT2D eigenvalue weighted by Gasteiger charge is 2.25. The summed E-state index contributed by atoms with van der Waals surface area (Å²) in [4.78, 5) is 27.7. The molecule has 0 unspecified atom stereocenters. The van der Waals surface area contributed by atoms with Gasteiger partial charge in [0.05, 0.1) is 7.11 Å². The van der Waals surface area contributed by atoms with Crippen molar-refractivity contribution in [3.8, 4) is 5.75 Å². The molecule has 0 saturated heterocycles. The third-order valence-corrected chi connectivity index (χ3v) is 3.55. The van der Waals surface area contributed by atoms with Crippen molar-refractivity contribution in [3.63, 3.8) is 0 Å². The van der Waals surface area contributed by atoms with E-state index in [-0.39, 0.29) is 34.2 Å². The summed E-state index contributed by atoms with van der Waals surface area (Å²) in [5.74, 6) is -0.958. The van der Waals surface area contributed by atoms with Gasteiger partial charge in [0, 0.05) is 11.6 Å². The summed E-state index contributed by atoms with van der Waals surface area (Å²) in [7, 11) is 1.24. The molecule has 7 nitrogen and oxygen atoms in total. The first-order valence-electron chi connectivity index (χ1n) is 7.64. The Hall–Kier alpha value is -3.49. The summed E-state index contributed by atoms with van der Waals surface area (Å²) in [6, 6.07) is 7.01. The number of methoxy groups -OCH3 is 1. The molecule has 0 atom stereocenters. The average Bonchev–Trinajstić information content (AvgIpc) is 3.17. The minimum absolute atomic E-state index is 0.0672. The number of aliphatic imine (C=N–C) groups is 1. The number of alkyl halides is 2. The van der Waals surface area contributed by atoms with Crippen LogP contribution in [0.4, 0.5) is 8.78 Å². The Bertz CT molecular complexity index is 961. The molecule has 0 aliphatic carbocycles. The van der Waals surface area contributed by atoms with Crippen LogP contribution < -0.4 is 4.74 Å². The Morgan fingerprint density at radius 3 is 2.78 bits per heavy atom. The van der Waals surface area contributed by atoms with Gasteiger partial charge in [-0.3, -0.25) is 0 Å². The number of cyclic esters (lactones) is 1. The third kappa shape index (κ3) is 4.02. The van der Waals surface area contributed by atoms with Crippen molar-refractivity contribution in [1.82, 2.24) is 0 Å². The van der Waals surface area contributed by atoms with E-state index in [9.17, 15) is 18.4 Å². The zero-order valence-electron chi connectivity index (χ0n) is 14.2. The van der Waals surface area contributed by atoms with Gasteiger partial charge >= 0.3 is 18.6 Å². The molecule has 2 aromatic rings. The van der Waals surface area contributed by atoms with Crippen LogP contribution in [0, 0.1) is 6.92 Å². The number of benzene rings is 1. The van der Waals surface area contributed by atoms with Crippen molar-refractivity contribution >= 4 is 23.9 Å². The maximum atomic E-state index is 12.3. The third-order valence-electron chi connectivity index (χ3n) is 3.55. The van der Waals surface area contributed by atoms with Gasteiger partial charge in [-0.05, 0) is 31.2 Å². The molecule has 0 spiro atoms. The zero-order chi connectivity index (χ0) is 19.6. The number of aryl methyl sites for hydroxylation is 1. The molecule has 0 saturated carbocycles. The lowest BCUT2D eigenvalue weighted by molar-refractivity contribution is -0.129. The molecule has 1 aromatic heterocycles. The number of furan rings is 1. The Kier molecular flexibility index (Phi) is 5.02. The van der Waals surface area contributed by atoms with Gasteiger partial charge in [-0.25, -0.2) is 14.6 Å². The summed E-state index contributed by atoms with van der Waals surface area (Å²) in [5.41, 5.74) is 0.433. The number of esters is 2. The average molecular weight is 377 g/mol. The van der Waals surface area contributed by atoms with Gasteiger partial charge in [-0.15, -0.1) is 0 Å². The van der Waals surface area contributed by atoms with Gasteiger partial charge < -0.3 is 18.6 Å². The number of nitrogens with zero attached hydrogens (tertiary/aromatic N) is 1. The summed E-state index contributed by atoms with van der Waals surface area (Å²) in [6.07, 6.45) is 1.30. The van der Waals surface area contributed by atoms with Crippen LogP contribution in [0.2, 0.25) is 0 Å². The van der Waals surface area contributed by atoms with E-state index in [0.717, 1.165) is 0 Å². The maximum Gasteiger partial charge on any atom is 0.387 e. The van der Waals surface area contributed by atoms with E-state index in [1.807, 2.05) is 0 Å². The molecule has 1 aromatic carbocycles. The van der Waals surface area contributed by atoms with Crippen LogP contribution in [-0.2, 0) is 14.3 Å². The molecule has 9 heteroatoms. The highest BCUT2D eigenvalue weighted by molar-refractivity contribution is 6.12. The minimum atomic E-state index is -2.98. The minimum Gasteiger partial charge on any atom is -0.465 e. The van der Waals surface area contributed by atoms with Crippen molar-refractivity contribution in [2.45, 2.75) is 13.5 Å². The first-order chi connectivity index (χ1) is 12.9. The topological polar surface area (TPSA) is 87.3 Å². The molecule has 1 aliphatic heterocycles. The molecule has 0 amide bonds. The van der Waals surface area contributed by atoms with Gasteiger partial charge in [0.25, 0.3) is 0 Å². The van der Waals surface area contributed by atoms with Crippen LogP contribution in [0.5, 0.6) is 5.75 Å². The smallest absolute Gasteiger partial charge is 0.387 e. The number of carbonyl (C=O) groups is 2. The van der Waals surface area contributed by atoms with Crippen LogP contribution in [0.25, 0.3) is 6.08 Å². The van der Waals surface area contributed by atoms with E-state index in [2.05, 4.69) is 14.5 Å². The highest BCUT2D eigenvalue weighted by atomic mass is 19.3. The van der Waals surface area contributed by atoms with Gasteiger partial charge in [0.15, 0.2) is 5.70 Å². The van der Waals surface area contributed by atoms with Crippen LogP contribution >= 0.6 is 0 Å². The quantitative estimate of drug-likeness (QED) is 0.587. The Labute approximate surface area is 151 Å². The first kappa shape index (κ1) is 18.3. The largest absolute Gasteiger partial charge is 0.465 e. The van der Waals surface area contributed by atoms with Crippen LogP contribution in [0.15, 0.2) is 45.4 Å². The van der Waals surface area contributed by atoms with E-state index in [1.165, 1.54) is 43.5 Å². The van der Waals surface area contributed by atoms with Crippen molar-refractivity contribution in [3.05, 3.63) is 58.7 Å². The monoisotopic (exact) mass is 377 g/mol. The molecule has 0 radical (unpaired) electrons. The second-order valence-electron chi connectivity index (χ2n) is 5.35. The molecule has 2 heterocycles. The highest BCUT2D eigenvalue weighted by Crippen LogP contribution is 2.24. The summed E-state index contributed by atoms with van der Waals surface area (Å²) in [6.45, 7) is -1.40. The van der Waals surface area contributed by atoms with Crippen molar-refractivity contribution in [2.24, 2.45) is 4.99 Å². The predicted octanol–water partition coefficient (Wildman–Crippen LogP) is 3.32. The normalized spacial score (nSPS) is 15.1. The van der Waals surface area contributed by atoms with E-state index in [0.29, 0.717) is 5.76 Å². The second kappa shape index (κ2) is 7.40. The van der Waals surface area contributed by atoms with Gasteiger partial charge in [0.2, 0.25) is 5.90 Å². The number of ether oxygens (including phenoxy) is 3. The van der Waals surface area contributed by atoms with Gasteiger partial charge in [-0.2, -0.15) is 8.78 Å². The fourth-order valence-corrected chi connectivity index (χ4v) is 2.36. The van der Waals surface area contributed by atoms with Gasteiger partial charge in [0.1, 0.15) is 22.8 Å². The molecule has 27 heavy (non-hydrogen) atoms. The number of hydrogen-bond acceptors (Lipinski definition) is 7. The lowest BCUT2D eigenvalue weighted by atomic mass is 10.2. The molecule has 0 fully saturated rings. The maximum absolute atomic E-state index is 12.3. The second-order valence-corrected chi connectivity index (χ2v) is 5.35. The standard InChI is InChI=1S/C18H13F2NO6/c1-9-13(16(22)24-2)7-12(25-9)8-14-17(23)27-15(21-14)10-4-3-5-11(6-10)26-18(19)20/h3-8,18H,1-2H3/b14-8-. The Morgan fingerprint density at radius 1 is 1.30 bits per heavy atom. The summed E-state index contributed by atoms with van der Waals surface area (Å²) in [5, 5.41) is 0. The van der Waals surface area contributed by atoms with Crippen molar-refractivity contribution in [2.75, 3.05) is 7.11 Å². The predicted molar refractivity (Wildman–Crippen MR) is 88.5 cm³/mol. The lowest BCUT2D eigenvalue weighted by Crippen LogP contribution is -2.07. The zero-order valence-corrected chi connectivity index (χ0v) is 14.2. The van der Waals surface area contributed by atoms with Crippen molar-refractivity contribution < 1.29 is 37.0 Å². The Balaban J connectivity index is 1.88. The number of carbonyl (C=O) groups excluding carboxylic acids is 2. The number of halogens is 2. The van der Waals surface area contributed by atoms with E-state index >= 15 is 0 Å². The number of rotatable bonds is 5. The fraction of sp³-hybridized carbons (Fsp3) is 0.167. The molecule has 3 rings (SSSR count). The SMILES string of the molecule is COC(=O)c1cc(/C=C2\N=C(c3cccc(OC(F)F)c3)OC2=O)oc1C. The first-order valence-corrected chi connectivity index (χ1v) is 7.64. The van der Waals surface area contributed by atoms with Gasteiger partial charge in [-0.1, -0.05) is 6.07 Å². The fourth-order valence-electron chi connectivity index (χ4n) is 2.36. The number of hydrogen-bond donors (Lipinski definition) is 0. The van der Waals surface area contributed by atoms with Crippen LogP contribution in [-0.4, -0.2) is 31.6 Å². The molecule has 140 valence electrons. The summed E-state index contributed by atoms with van der Waals surface area (Å²) < 4.78 is 44.0. The van der Waals surface area contributed by atoms with Crippen LogP contribution in [0.3, 0.4) is 0 Å².